The van der Waals surface area contributed by atoms with Crippen molar-refractivity contribution in [2.75, 3.05) is 0 Å². The molecular weight excluding hydrogens is 386 g/mol. The second kappa shape index (κ2) is 8.20. The molecule has 0 bridgehead atoms. The Hall–Kier alpha value is -3.94. The van der Waals surface area contributed by atoms with Gasteiger partial charge in [-0.3, -0.25) is 4.79 Å². The van der Waals surface area contributed by atoms with Crippen LogP contribution in [-0.2, 0) is 17.8 Å². The standard InChI is InChI=1S/C22H19N3O5/c1-13-16-8-7-15(26)11-18(16)29-22(28)17(13)9-10-19(27)23-12-20-24-21(25-30-20)14-5-3-2-4-6-14/h2-8,11,26H,9-10,12H2,1H3,(H,23,27). The van der Waals surface area contributed by atoms with Crippen LogP contribution in [0.5, 0.6) is 5.75 Å². The van der Waals surface area contributed by atoms with Crippen molar-refractivity contribution in [2.45, 2.75) is 26.3 Å². The second-order valence-corrected chi connectivity index (χ2v) is 6.83. The number of phenols is 1. The molecule has 2 aromatic heterocycles. The van der Waals surface area contributed by atoms with Gasteiger partial charge in [0.2, 0.25) is 17.6 Å². The Balaban J connectivity index is 1.38. The summed E-state index contributed by atoms with van der Waals surface area (Å²) in [6.45, 7) is 1.90. The number of aromatic hydroxyl groups is 1. The summed E-state index contributed by atoms with van der Waals surface area (Å²) in [5.41, 5.74) is 1.80. The van der Waals surface area contributed by atoms with Gasteiger partial charge in [-0.25, -0.2) is 4.79 Å². The highest BCUT2D eigenvalue weighted by Gasteiger charge is 2.14. The van der Waals surface area contributed by atoms with Crippen LogP contribution in [0.4, 0.5) is 0 Å². The molecule has 8 heteroatoms. The molecule has 0 fully saturated rings. The first-order valence-corrected chi connectivity index (χ1v) is 9.41. The molecule has 2 N–H and O–H groups in total. The van der Waals surface area contributed by atoms with Gasteiger partial charge in [0.15, 0.2) is 0 Å². The third-order valence-corrected chi connectivity index (χ3v) is 4.81. The maximum atomic E-state index is 12.3. The Bertz CT molecular complexity index is 1260. The summed E-state index contributed by atoms with van der Waals surface area (Å²) in [6, 6.07) is 14.0. The Kier molecular flexibility index (Phi) is 5.30. The van der Waals surface area contributed by atoms with Crippen LogP contribution in [0.15, 0.2) is 62.3 Å². The maximum absolute atomic E-state index is 12.3. The second-order valence-electron chi connectivity index (χ2n) is 6.83. The highest BCUT2D eigenvalue weighted by molar-refractivity contribution is 5.82. The molecule has 152 valence electrons. The SMILES string of the molecule is Cc1c(CCC(=O)NCc2nc(-c3ccccc3)no2)c(=O)oc2cc(O)ccc12. The Morgan fingerprint density at radius 1 is 1.17 bits per heavy atom. The van der Waals surface area contributed by atoms with Gasteiger partial charge in [0, 0.05) is 29.0 Å². The van der Waals surface area contributed by atoms with Crippen molar-refractivity contribution in [3.05, 3.63) is 76.0 Å². The number of aryl methyl sites for hydroxylation is 1. The molecule has 30 heavy (non-hydrogen) atoms. The molecule has 1 amide bonds. The van der Waals surface area contributed by atoms with Crippen molar-refractivity contribution in [3.63, 3.8) is 0 Å². The van der Waals surface area contributed by atoms with Crippen LogP contribution in [-0.4, -0.2) is 21.2 Å². The molecule has 0 atom stereocenters. The molecule has 0 spiro atoms. The van der Waals surface area contributed by atoms with Gasteiger partial charge in [0.25, 0.3) is 0 Å². The highest BCUT2D eigenvalue weighted by Crippen LogP contribution is 2.23. The van der Waals surface area contributed by atoms with Gasteiger partial charge < -0.3 is 19.4 Å². The number of nitrogens with one attached hydrogen (secondary N) is 1. The van der Waals surface area contributed by atoms with Crippen molar-refractivity contribution in [1.82, 2.24) is 15.5 Å². The normalized spacial score (nSPS) is 11.0. The number of benzene rings is 2. The summed E-state index contributed by atoms with van der Waals surface area (Å²) in [4.78, 5) is 28.8. The van der Waals surface area contributed by atoms with Crippen molar-refractivity contribution in [1.29, 1.82) is 0 Å². The number of nitrogens with zero attached hydrogens (tertiary/aromatic N) is 2. The van der Waals surface area contributed by atoms with E-state index in [-0.39, 0.29) is 31.0 Å². The summed E-state index contributed by atoms with van der Waals surface area (Å²) in [7, 11) is 0. The third-order valence-electron chi connectivity index (χ3n) is 4.81. The fourth-order valence-corrected chi connectivity index (χ4v) is 3.20. The van der Waals surface area contributed by atoms with Crippen molar-refractivity contribution in [3.8, 4) is 17.1 Å². The lowest BCUT2D eigenvalue weighted by molar-refractivity contribution is -0.121. The van der Waals surface area contributed by atoms with E-state index < -0.39 is 5.63 Å². The average molecular weight is 405 g/mol. The maximum Gasteiger partial charge on any atom is 0.339 e. The van der Waals surface area contributed by atoms with E-state index in [1.165, 1.54) is 12.1 Å². The van der Waals surface area contributed by atoms with E-state index in [1.54, 1.807) is 13.0 Å². The Morgan fingerprint density at radius 3 is 2.77 bits per heavy atom. The molecule has 4 aromatic rings. The molecule has 0 aliphatic rings. The zero-order valence-electron chi connectivity index (χ0n) is 16.2. The zero-order valence-corrected chi connectivity index (χ0v) is 16.2. The summed E-state index contributed by atoms with van der Waals surface area (Å²) in [5, 5.41) is 16.9. The lowest BCUT2D eigenvalue weighted by atomic mass is 10.0. The van der Waals surface area contributed by atoms with Crippen LogP contribution in [0.3, 0.4) is 0 Å². The number of aromatic nitrogens is 2. The minimum absolute atomic E-state index is 0.0219. The largest absolute Gasteiger partial charge is 0.508 e. The smallest absolute Gasteiger partial charge is 0.339 e. The van der Waals surface area contributed by atoms with Crippen LogP contribution in [0.25, 0.3) is 22.4 Å². The summed E-state index contributed by atoms with van der Waals surface area (Å²) < 4.78 is 10.4. The van der Waals surface area contributed by atoms with E-state index >= 15 is 0 Å². The third kappa shape index (κ3) is 4.07. The average Bonchev–Trinajstić information content (AvgIpc) is 3.21. The highest BCUT2D eigenvalue weighted by atomic mass is 16.5. The lowest BCUT2D eigenvalue weighted by Gasteiger charge is -2.08. The number of fused-ring (bicyclic) bond motifs is 1. The molecule has 0 saturated heterocycles. The molecule has 4 rings (SSSR count). The van der Waals surface area contributed by atoms with Crippen LogP contribution in [0, 0.1) is 6.92 Å². The van der Waals surface area contributed by atoms with E-state index in [2.05, 4.69) is 15.5 Å². The number of carbonyl (C=O) groups excluding carboxylic acids is 1. The molecule has 0 aliphatic heterocycles. The first-order chi connectivity index (χ1) is 14.5. The monoisotopic (exact) mass is 405 g/mol. The van der Waals surface area contributed by atoms with E-state index in [4.69, 9.17) is 8.94 Å². The van der Waals surface area contributed by atoms with Gasteiger partial charge in [-0.15, -0.1) is 0 Å². The van der Waals surface area contributed by atoms with Crippen LogP contribution in [0.2, 0.25) is 0 Å². The van der Waals surface area contributed by atoms with Gasteiger partial charge in [-0.2, -0.15) is 4.98 Å². The van der Waals surface area contributed by atoms with Gasteiger partial charge in [0.1, 0.15) is 11.3 Å². The zero-order chi connectivity index (χ0) is 21.1. The van der Waals surface area contributed by atoms with Crippen LogP contribution < -0.4 is 10.9 Å². The van der Waals surface area contributed by atoms with E-state index in [0.29, 0.717) is 22.9 Å². The summed E-state index contributed by atoms with van der Waals surface area (Å²) >= 11 is 0. The molecule has 0 saturated carbocycles. The van der Waals surface area contributed by atoms with Gasteiger partial charge in [0.05, 0.1) is 6.54 Å². The van der Waals surface area contributed by atoms with Gasteiger partial charge >= 0.3 is 5.63 Å². The quantitative estimate of drug-likeness (QED) is 0.473. The molecule has 0 aliphatic carbocycles. The van der Waals surface area contributed by atoms with Crippen molar-refractivity contribution < 1.29 is 18.8 Å². The molecule has 2 heterocycles. The fraction of sp³-hybridized carbons (Fsp3) is 0.182. The van der Waals surface area contributed by atoms with Crippen LogP contribution >= 0.6 is 0 Å². The number of phenolic OH excluding ortho intramolecular Hbond substituents is 1. The lowest BCUT2D eigenvalue weighted by Crippen LogP contribution is -2.24. The topological polar surface area (TPSA) is 118 Å². The number of hydrogen-bond acceptors (Lipinski definition) is 7. The molecule has 8 nitrogen and oxygen atoms in total. The van der Waals surface area contributed by atoms with E-state index in [0.717, 1.165) is 16.5 Å². The first kappa shape index (κ1) is 19.4. The number of rotatable bonds is 6. The van der Waals surface area contributed by atoms with E-state index in [1.807, 2.05) is 30.3 Å². The Morgan fingerprint density at radius 2 is 1.97 bits per heavy atom. The fourth-order valence-electron chi connectivity index (χ4n) is 3.20. The molecule has 0 radical (unpaired) electrons. The predicted molar refractivity (Wildman–Crippen MR) is 109 cm³/mol. The van der Waals surface area contributed by atoms with Crippen molar-refractivity contribution in [2.24, 2.45) is 0 Å². The summed E-state index contributed by atoms with van der Waals surface area (Å²) in [5.74, 6) is 0.520. The minimum atomic E-state index is -0.511. The van der Waals surface area contributed by atoms with Crippen molar-refractivity contribution >= 4 is 16.9 Å². The molecular formula is C22H19N3O5. The Labute approximate surface area is 171 Å². The predicted octanol–water partition coefficient (Wildman–Crippen LogP) is 3.11. The molecule has 2 aromatic carbocycles. The minimum Gasteiger partial charge on any atom is -0.508 e. The first-order valence-electron chi connectivity index (χ1n) is 9.41. The molecule has 0 unspecified atom stereocenters. The van der Waals surface area contributed by atoms with Gasteiger partial charge in [-0.05, 0) is 31.0 Å². The number of hydrogen-bond donors (Lipinski definition) is 2. The number of amides is 1. The van der Waals surface area contributed by atoms with Gasteiger partial charge in [-0.1, -0.05) is 35.5 Å². The van der Waals surface area contributed by atoms with E-state index in [9.17, 15) is 14.7 Å². The number of carbonyl (C=O) groups is 1. The van der Waals surface area contributed by atoms with Crippen LogP contribution in [0.1, 0.15) is 23.4 Å². The summed E-state index contributed by atoms with van der Waals surface area (Å²) in [6.07, 6.45) is 0.338.